The molecule has 1 aliphatic heterocycles. The van der Waals surface area contributed by atoms with E-state index >= 15 is 0 Å². The molecule has 2 aromatic carbocycles. The molecule has 0 N–H and O–H groups in total. The van der Waals surface area contributed by atoms with Gasteiger partial charge in [-0.05, 0) is 36.2 Å². The van der Waals surface area contributed by atoms with Gasteiger partial charge in [0.25, 0.3) is 5.91 Å². The zero-order valence-electron chi connectivity index (χ0n) is 16.8. The summed E-state index contributed by atoms with van der Waals surface area (Å²) in [4.78, 5) is 18.4. The molecule has 3 aromatic rings. The number of aromatic nitrogens is 2. The zero-order valence-corrected chi connectivity index (χ0v) is 17.6. The molecule has 152 valence electrons. The van der Waals surface area contributed by atoms with E-state index in [9.17, 15) is 4.79 Å². The number of hydrogen-bond acceptors (Lipinski definition) is 3. The lowest BCUT2D eigenvalue weighted by atomic mass is 10.0. The normalized spacial score (nSPS) is 15.7. The molecule has 0 fully saturated rings. The predicted octanol–water partition coefficient (Wildman–Crippen LogP) is 5.12. The molecular weight excluding hydrogens is 400 g/mol. The van der Waals surface area contributed by atoms with Crippen LogP contribution in [-0.2, 0) is 17.9 Å². The second-order valence-corrected chi connectivity index (χ2v) is 7.84. The van der Waals surface area contributed by atoms with Gasteiger partial charge >= 0.3 is 0 Å². The summed E-state index contributed by atoms with van der Waals surface area (Å²) in [6.45, 7) is 10.6. The van der Waals surface area contributed by atoms with Gasteiger partial charge in [-0.25, -0.2) is 4.85 Å². The van der Waals surface area contributed by atoms with Crippen molar-refractivity contribution in [2.45, 2.75) is 26.1 Å². The minimum Gasteiger partial charge on any atom is -0.380 e. The standard InChI is InChI=1S/C23H21ClN4O2/c1-15-12-27(13-16-4-7-19(25-2)8-5-16)23(29)22-11-21(26-28(15)22)20-9-6-18(24)10-17(20)14-30-3/h4-11,15H,12-14H2,1,3H3/t15-/m0/s1. The van der Waals surface area contributed by atoms with Gasteiger partial charge in [-0.3, -0.25) is 9.48 Å². The van der Waals surface area contributed by atoms with E-state index in [1.807, 2.05) is 41.3 Å². The predicted molar refractivity (Wildman–Crippen MR) is 116 cm³/mol. The number of methoxy groups -OCH3 is 1. The van der Waals surface area contributed by atoms with Gasteiger partial charge in [-0.1, -0.05) is 41.9 Å². The SMILES string of the molecule is [C-]#[N+]c1ccc(CN2C[C@H](C)n3nc(-c4ccc(Cl)cc4COC)cc3C2=O)cc1. The van der Waals surface area contributed by atoms with Crippen LogP contribution in [0, 0.1) is 6.57 Å². The maximum absolute atomic E-state index is 13.2. The van der Waals surface area contributed by atoms with Crippen molar-refractivity contribution >= 4 is 23.2 Å². The minimum absolute atomic E-state index is 0.0483. The molecule has 4 rings (SSSR count). The molecule has 2 heterocycles. The van der Waals surface area contributed by atoms with Crippen molar-refractivity contribution in [2.75, 3.05) is 13.7 Å². The van der Waals surface area contributed by atoms with Crippen molar-refractivity contribution in [1.29, 1.82) is 0 Å². The number of halogens is 1. The Morgan fingerprint density at radius 2 is 2.00 bits per heavy atom. The molecule has 0 bridgehead atoms. The Hall–Kier alpha value is -3.14. The summed E-state index contributed by atoms with van der Waals surface area (Å²) in [5.41, 5.74) is 4.73. The topological polar surface area (TPSA) is 51.7 Å². The first kappa shape index (κ1) is 20.1. The van der Waals surface area contributed by atoms with Crippen LogP contribution >= 0.6 is 11.6 Å². The van der Waals surface area contributed by atoms with E-state index < -0.39 is 0 Å². The van der Waals surface area contributed by atoms with Crippen LogP contribution in [0.2, 0.25) is 5.02 Å². The van der Waals surface area contributed by atoms with Crippen molar-refractivity contribution in [1.82, 2.24) is 14.7 Å². The van der Waals surface area contributed by atoms with Crippen LogP contribution in [0.1, 0.15) is 34.6 Å². The van der Waals surface area contributed by atoms with Gasteiger partial charge in [0.05, 0.1) is 24.9 Å². The first-order chi connectivity index (χ1) is 14.5. The van der Waals surface area contributed by atoms with E-state index in [1.54, 1.807) is 23.9 Å². The Labute approximate surface area is 180 Å². The van der Waals surface area contributed by atoms with E-state index in [2.05, 4.69) is 11.8 Å². The highest BCUT2D eigenvalue weighted by molar-refractivity contribution is 6.30. The summed E-state index contributed by atoms with van der Waals surface area (Å²) in [6, 6.07) is 14.8. The zero-order chi connectivity index (χ0) is 21.3. The lowest BCUT2D eigenvalue weighted by Crippen LogP contribution is -2.41. The van der Waals surface area contributed by atoms with E-state index in [1.165, 1.54) is 0 Å². The van der Waals surface area contributed by atoms with Crippen LogP contribution in [-0.4, -0.2) is 34.2 Å². The first-order valence-electron chi connectivity index (χ1n) is 9.63. The number of nitrogens with zero attached hydrogens (tertiary/aromatic N) is 4. The van der Waals surface area contributed by atoms with E-state index in [0.29, 0.717) is 36.1 Å². The lowest BCUT2D eigenvalue weighted by molar-refractivity contribution is 0.0651. The highest BCUT2D eigenvalue weighted by Gasteiger charge is 2.31. The summed E-state index contributed by atoms with van der Waals surface area (Å²) in [6.07, 6.45) is 0. The molecule has 1 aliphatic rings. The average molecular weight is 421 g/mol. The fourth-order valence-corrected chi connectivity index (χ4v) is 3.98. The third kappa shape index (κ3) is 3.82. The summed E-state index contributed by atoms with van der Waals surface area (Å²) in [5, 5.41) is 5.36. The van der Waals surface area contributed by atoms with Crippen LogP contribution < -0.4 is 0 Å². The van der Waals surface area contributed by atoms with Crippen molar-refractivity contribution < 1.29 is 9.53 Å². The lowest BCUT2D eigenvalue weighted by Gasteiger charge is -2.31. The van der Waals surface area contributed by atoms with Crippen molar-refractivity contribution in [3.8, 4) is 11.3 Å². The largest absolute Gasteiger partial charge is 0.380 e. The highest BCUT2D eigenvalue weighted by atomic mass is 35.5. The van der Waals surface area contributed by atoms with Crippen LogP contribution in [0.25, 0.3) is 16.1 Å². The van der Waals surface area contributed by atoms with Crippen molar-refractivity contribution in [3.63, 3.8) is 0 Å². The molecule has 0 saturated heterocycles. The number of carbonyl (C=O) groups is 1. The van der Waals surface area contributed by atoms with Crippen molar-refractivity contribution in [2.24, 2.45) is 0 Å². The molecule has 6 nitrogen and oxygen atoms in total. The van der Waals surface area contributed by atoms with Gasteiger partial charge in [-0.2, -0.15) is 5.10 Å². The second-order valence-electron chi connectivity index (χ2n) is 7.41. The summed E-state index contributed by atoms with van der Waals surface area (Å²) in [5.74, 6) is -0.0524. The summed E-state index contributed by atoms with van der Waals surface area (Å²) < 4.78 is 7.11. The van der Waals surface area contributed by atoms with Gasteiger partial charge in [0.15, 0.2) is 5.69 Å². The molecule has 0 saturated carbocycles. The monoisotopic (exact) mass is 420 g/mol. The average Bonchev–Trinajstić information content (AvgIpc) is 3.19. The Bertz CT molecular complexity index is 1130. The maximum Gasteiger partial charge on any atom is 0.272 e. The third-order valence-electron chi connectivity index (χ3n) is 5.23. The molecule has 30 heavy (non-hydrogen) atoms. The fraction of sp³-hybridized carbons (Fsp3) is 0.261. The fourth-order valence-electron chi connectivity index (χ4n) is 3.78. The Kier molecular flexibility index (Phi) is 5.58. The number of amides is 1. The van der Waals surface area contributed by atoms with Gasteiger partial charge in [0.1, 0.15) is 5.69 Å². The number of rotatable bonds is 5. The number of carbonyl (C=O) groups excluding carboxylic acids is 1. The second kappa shape index (κ2) is 8.31. The number of ether oxygens (including phenoxy) is 1. The first-order valence-corrected chi connectivity index (χ1v) is 10.0. The van der Waals surface area contributed by atoms with Crippen LogP contribution in [0.3, 0.4) is 0 Å². The smallest absolute Gasteiger partial charge is 0.272 e. The number of benzene rings is 2. The Morgan fingerprint density at radius 1 is 1.23 bits per heavy atom. The minimum atomic E-state index is -0.0524. The summed E-state index contributed by atoms with van der Waals surface area (Å²) >= 11 is 6.14. The quantitative estimate of drug-likeness (QED) is 0.538. The van der Waals surface area contributed by atoms with E-state index in [0.717, 1.165) is 22.4 Å². The molecule has 0 aliphatic carbocycles. The van der Waals surface area contributed by atoms with Gasteiger partial charge in [0, 0.05) is 30.8 Å². The third-order valence-corrected chi connectivity index (χ3v) is 5.46. The molecule has 1 atom stereocenters. The van der Waals surface area contributed by atoms with Crippen LogP contribution in [0.15, 0.2) is 48.5 Å². The van der Waals surface area contributed by atoms with Gasteiger partial charge in [0.2, 0.25) is 0 Å². The molecule has 0 radical (unpaired) electrons. The van der Waals surface area contributed by atoms with Crippen molar-refractivity contribution in [3.05, 3.63) is 81.8 Å². The van der Waals surface area contributed by atoms with E-state index in [4.69, 9.17) is 28.0 Å². The summed E-state index contributed by atoms with van der Waals surface area (Å²) in [7, 11) is 1.64. The number of fused-ring (bicyclic) bond motifs is 1. The van der Waals surface area contributed by atoms with E-state index in [-0.39, 0.29) is 11.9 Å². The molecular formula is C23H21ClN4O2. The Morgan fingerprint density at radius 3 is 2.70 bits per heavy atom. The van der Waals surface area contributed by atoms with Crippen LogP contribution in [0.5, 0.6) is 0 Å². The molecule has 1 amide bonds. The highest BCUT2D eigenvalue weighted by Crippen LogP contribution is 2.31. The van der Waals surface area contributed by atoms with Gasteiger partial charge < -0.3 is 9.64 Å². The molecule has 7 heteroatoms. The molecule has 1 aromatic heterocycles. The van der Waals surface area contributed by atoms with Crippen LogP contribution in [0.4, 0.5) is 5.69 Å². The Balaban J connectivity index is 1.64. The molecule has 0 spiro atoms. The van der Waals surface area contributed by atoms with Gasteiger partial charge in [-0.15, -0.1) is 0 Å². The number of hydrogen-bond donors (Lipinski definition) is 0. The maximum atomic E-state index is 13.2. The molecule has 0 unspecified atom stereocenters.